The fraction of sp³-hybridized carbons (Fsp3) is 0.727. The van der Waals surface area contributed by atoms with Crippen LogP contribution in [0.3, 0.4) is 0 Å². The first-order valence-electron chi connectivity index (χ1n) is 5.28. The quantitative estimate of drug-likeness (QED) is 0.734. The Labute approximate surface area is 94.1 Å². The second kappa shape index (κ2) is 4.75. The fourth-order valence-electron chi connectivity index (χ4n) is 2.04. The van der Waals surface area contributed by atoms with Crippen molar-refractivity contribution in [1.82, 2.24) is 0 Å². The van der Waals surface area contributed by atoms with Crippen LogP contribution in [-0.2, 0) is 4.79 Å². The summed E-state index contributed by atoms with van der Waals surface area (Å²) in [6, 6.07) is 0. The van der Waals surface area contributed by atoms with E-state index < -0.39 is 0 Å². The molecule has 0 aliphatic carbocycles. The summed E-state index contributed by atoms with van der Waals surface area (Å²) in [5, 5.41) is 1.81. The molecule has 2 saturated heterocycles. The third-order valence-corrected chi connectivity index (χ3v) is 5.47. The lowest BCUT2D eigenvalue weighted by Gasteiger charge is -2.10. The maximum absolute atomic E-state index is 11.0. The molecule has 0 N–H and O–H groups in total. The third kappa shape index (κ3) is 2.80. The Balaban J connectivity index is 1.67. The van der Waals surface area contributed by atoms with E-state index in [4.69, 9.17) is 0 Å². The van der Waals surface area contributed by atoms with Gasteiger partial charge in [-0.3, -0.25) is 4.79 Å². The summed E-state index contributed by atoms with van der Waals surface area (Å²) in [4.78, 5) is 12.4. The lowest BCUT2D eigenvalue weighted by molar-refractivity contribution is -0.110. The zero-order chi connectivity index (χ0) is 9.97. The highest BCUT2D eigenvalue weighted by Crippen LogP contribution is 2.40. The molecule has 0 spiro atoms. The number of rotatable bonds is 3. The van der Waals surface area contributed by atoms with Gasteiger partial charge in [-0.1, -0.05) is 18.3 Å². The van der Waals surface area contributed by atoms with Crippen molar-refractivity contribution in [2.75, 3.05) is 0 Å². The highest BCUT2D eigenvalue weighted by Gasteiger charge is 2.25. The minimum absolute atomic E-state index is 0.401. The summed E-state index contributed by atoms with van der Waals surface area (Å²) in [5.41, 5.74) is 0. The van der Waals surface area contributed by atoms with Gasteiger partial charge in [0.15, 0.2) is 5.12 Å². The summed E-state index contributed by atoms with van der Waals surface area (Å²) >= 11 is 3.54. The summed E-state index contributed by atoms with van der Waals surface area (Å²) in [7, 11) is 0. The first kappa shape index (κ1) is 10.6. The Morgan fingerprint density at radius 2 is 1.79 bits per heavy atom. The van der Waals surface area contributed by atoms with E-state index in [0.29, 0.717) is 10.4 Å². The van der Waals surface area contributed by atoms with Gasteiger partial charge in [0.2, 0.25) is 0 Å². The number of thioether (sulfide) groups is 2. The second-order valence-corrected chi connectivity index (χ2v) is 6.88. The summed E-state index contributed by atoms with van der Waals surface area (Å²) in [6.07, 6.45) is 6.92. The zero-order valence-electron chi connectivity index (χ0n) is 8.33. The summed E-state index contributed by atoms with van der Waals surface area (Å²) in [5.74, 6) is 0. The molecule has 2 aliphatic rings. The summed E-state index contributed by atoms with van der Waals surface area (Å²) < 4.78 is 0. The van der Waals surface area contributed by atoms with Crippen molar-refractivity contribution in [3.8, 4) is 0 Å². The topological polar surface area (TPSA) is 17.1 Å². The number of hydrogen-bond donors (Lipinski definition) is 0. The van der Waals surface area contributed by atoms with Crippen LogP contribution in [0.25, 0.3) is 0 Å². The standard InChI is InChI=1S/C11H16OS2/c1-8-2-3-9(13-8)4-5-10-6-7-11(12)14-10/h9-10H,1-7H2. The van der Waals surface area contributed by atoms with Crippen molar-refractivity contribution < 1.29 is 4.79 Å². The number of carbonyl (C=O) groups excluding carboxylic acids is 1. The molecule has 2 aliphatic heterocycles. The Bertz CT molecular complexity index is 224. The number of allylic oxidation sites excluding steroid dienone is 1. The van der Waals surface area contributed by atoms with Crippen molar-refractivity contribution in [2.24, 2.45) is 0 Å². The lowest BCUT2D eigenvalue weighted by atomic mass is 10.1. The normalized spacial score (nSPS) is 32.9. The molecule has 2 fully saturated rings. The molecule has 2 atom stereocenters. The molecule has 0 saturated carbocycles. The van der Waals surface area contributed by atoms with Gasteiger partial charge in [0.1, 0.15) is 0 Å². The van der Waals surface area contributed by atoms with E-state index in [1.54, 1.807) is 11.8 Å². The maximum atomic E-state index is 11.0. The SMILES string of the molecule is C=C1CCC(CCC2CCC(=O)S2)S1. The number of hydrogen-bond acceptors (Lipinski definition) is 3. The Kier molecular flexibility index (Phi) is 3.61. The van der Waals surface area contributed by atoms with Gasteiger partial charge >= 0.3 is 0 Å². The fourth-order valence-corrected chi connectivity index (χ4v) is 4.33. The van der Waals surface area contributed by atoms with Crippen LogP contribution in [0.2, 0.25) is 0 Å². The van der Waals surface area contributed by atoms with Crippen LogP contribution in [-0.4, -0.2) is 15.6 Å². The van der Waals surface area contributed by atoms with Crippen molar-refractivity contribution in [3.63, 3.8) is 0 Å². The molecular formula is C11H16OS2. The van der Waals surface area contributed by atoms with E-state index in [2.05, 4.69) is 6.58 Å². The van der Waals surface area contributed by atoms with Crippen LogP contribution in [0.4, 0.5) is 0 Å². The van der Waals surface area contributed by atoms with Crippen molar-refractivity contribution in [1.29, 1.82) is 0 Å². The molecule has 14 heavy (non-hydrogen) atoms. The molecule has 2 heterocycles. The van der Waals surface area contributed by atoms with Crippen LogP contribution in [0.15, 0.2) is 11.5 Å². The Morgan fingerprint density at radius 1 is 1.14 bits per heavy atom. The maximum Gasteiger partial charge on any atom is 0.189 e. The van der Waals surface area contributed by atoms with Crippen molar-refractivity contribution in [2.45, 2.75) is 49.0 Å². The van der Waals surface area contributed by atoms with Crippen LogP contribution in [0.1, 0.15) is 38.5 Å². The molecule has 0 aromatic heterocycles. The molecule has 2 rings (SSSR count). The van der Waals surface area contributed by atoms with Crippen LogP contribution in [0, 0.1) is 0 Å². The first-order chi connectivity index (χ1) is 6.74. The highest BCUT2D eigenvalue weighted by molar-refractivity contribution is 8.14. The van der Waals surface area contributed by atoms with E-state index in [9.17, 15) is 4.79 Å². The molecule has 0 amide bonds. The van der Waals surface area contributed by atoms with E-state index in [-0.39, 0.29) is 0 Å². The Hall–Kier alpha value is 0.110. The lowest BCUT2D eigenvalue weighted by Crippen LogP contribution is -2.03. The van der Waals surface area contributed by atoms with Gasteiger partial charge < -0.3 is 0 Å². The monoisotopic (exact) mass is 228 g/mol. The molecule has 2 unspecified atom stereocenters. The van der Waals surface area contributed by atoms with Crippen molar-refractivity contribution >= 4 is 28.6 Å². The molecule has 0 radical (unpaired) electrons. The van der Waals surface area contributed by atoms with E-state index in [1.807, 2.05) is 11.8 Å². The van der Waals surface area contributed by atoms with Gasteiger partial charge in [0, 0.05) is 16.9 Å². The minimum Gasteiger partial charge on any atom is -0.287 e. The smallest absolute Gasteiger partial charge is 0.189 e. The average Bonchev–Trinajstić information content (AvgIpc) is 2.72. The third-order valence-electron chi connectivity index (χ3n) is 2.86. The van der Waals surface area contributed by atoms with Crippen LogP contribution >= 0.6 is 23.5 Å². The average molecular weight is 228 g/mol. The molecule has 0 bridgehead atoms. The predicted octanol–water partition coefficient (Wildman–Crippen LogP) is 3.60. The molecular weight excluding hydrogens is 212 g/mol. The molecule has 0 aromatic rings. The van der Waals surface area contributed by atoms with Gasteiger partial charge in [-0.15, -0.1) is 11.8 Å². The molecule has 1 nitrogen and oxygen atoms in total. The summed E-state index contributed by atoms with van der Waals surface area (Å²) in [6.45, 7) is 4.00. The second-order valence-electron chi connectivity index (χ2n) is 4.05. The molecule has 78 valence electrons. The van der Waals surface area contributed by atoms with E-state index in [0.717, 1.165) is 18.1 Å². The zero-order valence-corrected chi connectivity index (χ0v) is 9.96. The highest BCUT2D eigenvalue weighted by atomic mass is 32.2. The predicted molar refractivity (Wildman–Crippen MR) is 64.6 cm³/mol. The molecule has 3 heteroatoms. The van der Waals surface area contributed by atoms with E-state index >= 15 is 0 Å². The van der Waals surface area contributed by atoms with Gasteiger partial charge in [-0.25, -0.2) is 0 Å². The van der Waals surface area contributed by atoms with Crippen molar-refractivity contribution in [3.05, 3.63) is 11.5 Å². The minimum atomic E-state index is 0.401. The largest absolute Gasteiger partial charge is 0.287 e. The van der Waals surface area contributed by atoms with Crippen LogP contribution in [0.5, 0.6) is 0 Å². The van der Waals surface area contributed by atoms with Crippen LogP contribution < -0.4 is 0 Å². The van der Waals surface area contributed by atoms with Gasteiger partial charge in [0.05, 0.1) is 0 Å². The molecule has 0 aromatic carbocycles. The van der Waals surface area contributed by atoms with Gasteiger partial charge in [0.25, 0.3) is 0 Å². The first-order valence-corrected chi connectivity index (χ1v) is 7.04. The van der Waals surface area contributed by atoms with Gasteiger partial charge in [-0.2, -0.15) is 0 Å². The Morgan fingerprint density at radius 3 is 2.29 bits per heavy atom. The van der Waals surface area contributed by atoms with E-state index in [1.165, 1.54) is 30.6 Å². The number of carbonyl (C=O) groups is 1. The van der Waals surface area contributed by atoms with Gasteiger partial charge in [-0.05, 0) is 37.0 Å².